The summed E-state index contributed by atoms with van der Waals surface area (Å²) in [4.78, 5) is 0. The molecule has 1 fully saturated rings. The molecule has 112 valence electrons. The first kappa shape index (κ1) is 15.4. The summed E-state index contributed by atoms with van der Waals surface area (Å²) < 4.78 is 11.4. The zero-order chi connectivity index (χ0) is 14.2. The van der Waals surface area contributed by atoms with Crippen molar-refractivity contribution in [3.8, 4) is 5.75 Å². The number of benzene rings is 1. The van der Waals surface area contributed by atoms with E-state index in [9.17, 15) is 0 Å². The molecule has 1 aliphatic rings. The van der Waals surface area contributed by atoms with Gasteiger partial charge in [-0.2, -0.15) is 0 Å². The molecule has 0 unspecified atom stereocenters. The van der Waals surface area contributed by atoms with Crippen molar-refractivity contribution in [2.45, 2.75) is 46.0 Å². The lowest BCUT2D eigenvalue weighted by Crippen LogP contribution is -2.16. The van der Waals surface area contributed by atoms with E-state index in [-0.39, 0.29) is 0 Å². The summed E-state index contributed by atoms with van der Waals surface area (Å²) in [6, 6.07) is 8.16. The molecule has 2 atom stereocenters. The summed E-state index contributed by atoms with van der Waals surface area (Å²) in [5.41, 5.74) is 1.23. The van der Waals surface area contributed by atoms with Crippen molar-refractivity contribution in [1.29, 1.82) is 0 Å². The second-order valence-corrected chi connectivity index (χ2v) is 6.20. The predicted molar refractivity (Wildman–Crippen MR) is 83.2 cm³/mol. The van der Waals surface area contributed by atoms with Crippen molar-refractivity contribution >= 4 is 0 Å². The van der Waals surface area contributed by atoms with Crippen LogP contribution in [-0.2, 0) is 4.74 Å². The van der Waals surface area contributed by atoms with Crippen molar-refractivity contribution in [1.82, 2.24) is 0 Å². The molecule has 0 aromatic heterocycles. The second kappa shape index (κ2) is 8.31. The van der Waals surface area contributed by atoms with Crippen molar-refractivity contribution in [3.05, 3.63) is 29.8 Å². The zero-order valence-corrected chi connectivity index (χ0v) is 12.9. The Kier molecular flexibility index (Phi) is 6.38. The molecule has 0 N–H and O–H groups in total. The van der Waals surface area contributed by atoms with Gasteiger partial charge in [0.25, 0.3) is 0 Å². The van der Waals surface area contributed by atoms with Crippen LogP contribution in [0.1, 0.15) is 44.6 Å². The number of rotatable bonds is 7. The molecule has 2 heteroatoms. The molecule has 20 heavy (non-hydrogen) atoms. The topological polar surface area (TPSA) is 18.5 Å². The van der Waals surface area contributed by atoms with Gasteiger partial charge in [0.1, 0.15) is 12.4 Å². The molecule has 1 saturated carbocycles. The van der Waals surface area contributed by atoms with E-state index in [0.717, 1.165) is 24.2 Å². The van der Waals surface area contributed by atoms with Crippen molar-refractivity contribution < 1.29 is 9.47 Å². The van der Waals surface area contributed by atoms with Crippen LogP contribution >= 0.6 is 0 Å². The van der Waals surface area contributed by atoms with Gasteiger partial charge in [-0.3, -0.25) is 0 Å². The van der Waals surface area contributed by atoms with E-state index >= 15 is 0 Å². The first-order chi connectivity index (χ1) is 9.74. The van der Waals surface area contributed by atoms with Gasteiger partial charge in [-0.15, -0.1) is 0 Å². The lowest BCUT2D eigenvalue weighted by Gasteiger charge is -2.26. The van der Waals surface area contributed by atoms with E-state index in [0.29, 0.717) is 13.2 Å². The maximum atomic E-state index is 5.70. The van der Waals surface area contributed by atoms with E-state index in [1.165, 1.54) is 37.7 Å². The summed E-state index contributed by atoms with van der Waals surface area (Å²) in [5.74, 6) is 2.74. The normalized spacial score (nSPS) is 22.7. The van der Waals surface area contributed by atoms with E-state index < -0.39 is 0 Å². The third-order valence-corrected chi connectivity index (χ3v) is 4.20. The van der Waals surface area contributed by atoms with Crippen LogP contribution < -0.4 is 4.74 Å². The van der Waals surface area contributed by atoms with Crippen LogP contribution in [0.15, 0.2) is 24.3 Å². The molecule has 1 aliphatic carbocycles. The Hall–Kier alpha value is -1.02. The Balaban J connectivity index is 1.51. The van der Waals surface area contributed by atoms with Crippen molar-refractivity contribution in [2.24, 2.45) is 11.8 Å². The van der Waals surface area contributed by atoms with Gasteiger partial charge >= 0.3 is 0 Å². The van der Waals surface area contributed by atoms with Gasteiger partial charge in [0.2, 0.25) is 0 Å². The van der Waals surface area contributed by atoms with Crippen LogP contribution in [0.3, 0.4) is 0 Å². The first-order valence-corrected chi connectivity index (χ1v) is 8.01. The minimum atomic E-state index is 0.643. The second-order valence-electron chi connectivity index (χ2n) is 6.20. The average molecular weight is 276 g/mol. The highest BCUT2D eigenvalue weighted by Crippen LogP contribution is 2.30. The standard InChI is InChI=1S/C18H28O2/c1-15-5-3-7-17(13-15)9-10-19-11-12-20-18-8-4-6-16(2)14-18/h4,6,8,14-15,17H,3,5,7,9-13H2,1-2H3/t15-,17-/m0/s1. The molecule has 0 spiro atoms. The number of hydrogen-bond donors (Lipinski definition) is 0. The van der Waals surface area contributed by atoms with Gasteiger partial charge in [0, 0.05) is 6.61 Å². The largest absolute Gasteiger partial charge is 0.491 e. The van der Waals surface area contributed by atoms with Gasteiger partial charge in [-0.05, 0) is 49.3 Å². The van der Waals surface area contributed by atoms with Crippen LogP contribution in [0, 0.1) is 18.8 Å². The fraction of sp³-hybridized carbons (Fsp3) is 0.667. The Labute approximate surface area is 123 Å². The maximum Gasteiger partial charge on any atom is 0.119 e. The van der Waals surface area contributed by atoms with Crippen LogP contribution in [0.25, 0.3) is 0 Å². The molecule has 0 amide bonds. The number of hydrogen-bond acceptors (Lipinski definition) is 2. The van der Waals surface area contributed by atoms with Crippen LogP contribution in [0.2, 0.25) is 0 Å². The van der Waals surface area contributed by atoms with E-state index in [1.807, 2.05) is 12.1 Å². The molecule has 0 saturated heterocycles. The summed E-state index contributed by atoms with van der Waals surface area (Å²) in [6.07, 6.45) is 6.83. The fourth-order valence-corrected chi connectivity index (χ4v) is 3.10. The smallest absolute Gasteiger partial charge is 0.119 e. The zero-order valence-electron chi connectivity index (χ0n) is 12.9. The minimum Gasteiger partial charge on any atom is -0.491 e. The number of aryl methyl sites for hydroxylation is 1. The highest BCUT2D eigenvalue weighted by molar-refractivity contribution is 5.27. The maximum absolute atomic E-state index is 5.70. The van der Waals surface area contributed by atoms with Gasteiger partial charge in [-0.1, -0.05) is 38.3 Å². The van der Waals surface area contributed by atoms with Gasteiger partial charge in [0.15, 0.2) is 0 Å². The highest BCUT2D eigenvalue weighted by Gasteiger charge is 2.18. The Morgan fingerprint density at radius 1 is 1.15 bits per heavy atom. The molecule has 0 aliphatic heterocycles. The van der Waals surface area contributed by atoms with Crippen LogP contribution in [-0.4, -0.2) is 19.8 Å². The van der Waals surface area contributed by atoms with Crippen LogP contribution in [0.4, 0.5) is 0 Å². The van der Waals surface area contributed by atoms with Gasteiger partial charge < -0.3 is 9.47 Å². The first-order valence-electron chi connectivity index (χ1n) is 8.01. The molecular formula is C18H28O2. The molecule has 0 heterocycles. The molecule has 2 rings (SSSR count). The third kappa shape index (κ3) is 5.54. The molecule has 1 aromatic rings. The van der Waals surface area contributed by atoms with Gasteiger partial charge in [0.05, 0.1) is 6.61 Å². The van der Waals surface area contributed by atoms with Gasteiger partial charge in [-0.25, -0.2) is 0 Å². The average Bonchev–Trinajstić information content (AvgIpc) is 2.43. The van der Waals surface area contributed by atoms with E-state index in [2.05, 4.69) is 26.0 Å². The summed E-state index contributed by atoms with van der Waals surface area (Å²) in [7, 11) is 0. The molecule has 1 aromatic carbocycles. The Bertz CT molecular complexity index is 389. The fourth-order valence-electron chi connectivity index (χ4n) is 3.10. The van der Waals surface area contributed by atoms with E-state index in [4.69, 9.17) is 9.47 Å². The van der Waals surface area contributed by atoms with E-state index in [1.54, 1.807) is 0 Å². The summed E-state index contributed by atoms with van der Waals surface area (Å²) >= 11 is 0. The van der Waals surface area contributed by atoms with Crippen LogP contribution in [0.5, 0.6) is 5.75 Å². The van der Waals surface area contributed by atoms with Crippen molar-refractivity contribution in [2.75, 3.05) is 19.8 Å². The SMILES string of the molecule is Cc1cccc(OCCOCC[C@@H]2CCC[C@H](C)C2)c1. The summed E-state index contributed by atoms with van der Waals surface area (Å²) in [5, 5.41) is 0. The lowest BCUT2D eigenvalue weighted by molar-refractivity contribution is 0.0832. The highest BCUT2D eigenvalue weighted by atomic mass is 16.5. The molecule has 0 radical (unpaired) electrons. The Morgan fingerprint density at radius 2 is 2.05 bits per heavy atom. The Morgan fingerprint density at radius 3 is 2.85 bits per heavy atom. The predicted octanol–water partition coefficient (Wildman–Crippen LogP) is 4.61. The molecule has 2 nitrogen and oxygen atoms in total. The number of ether oxygens (including phenoxy) is 2. The quantitative estimate of drug-likeness (QED) is 0.677. The lowest BCUT2D eigenvalue weighted by atomic mass is 9.81. The van der Waals surface area contributed by atoms with Crippen molar-refractivity contribution in [3.63, 3.8) is 0 Å². The monoisotopic (exact) mass is 276 g/mol. The molecular weight excluding hydrogens is 248 g/mol. The summed E-state index contributed by atoms with van der Waals surface area (Å²) in [6.45, 7) is 6.67. The third-order valence-electron chi connectivity index (χ3n) is 4.20. The minimum absolute atomic E-state index is 0.643. The molecule has 0 bridgehead atoms.